The van der Waals surface area contributed by atoms with Crippen LogP contribution in [0.1, 0.15) is 25.0 Å². The van der Waals surface area contributed by atoms with Crippen LogP contribution in [-0.4, -0.2) is 5.11 Å². The van der Waals surface area contributed by atoms with E-state index in [0.29, 0.717) is 5.69 Å². The van der Waals surface area contributed by atoms with E-state index in [2.05, 4.69) is 0 Å². The molecule has 2 rings (SSSR count). The Hall–Kier alpha value is -2.23. The Labute approximate surface area is 111 Å². The summed E-state index contributed by atoms with van der Waals surface area (Å²) in [4.78, 5) is 0. The predicted molar refractivity (Wildman–Crippen MR) is 75.5 cm³/mol. The summed E-state index contributed by atoms with van der Waals surface area (Å²) in [6.07, 6.45) is 0. The quantitative estimate of drug-likeness (QED) is 0.574. The number of nitrogens with two attached hydrogens (primary N) is 2. The second-order valence-corrected chi connectivity index (χ2v) is 5.13. The van der Waals surface area contributed by atoms with Gasteiger partial charge in [-0.2, -0.15) is 0 Å². The minimum atomic E-state index is -0.426. The zero-order valence-electron chi connectivity index (χ0n) is 10.9. The highest BCUT2D eigenvalue weighted by atomic mass is 19.1. The van der Waals surface area contributed by atoms with E-state index in [1.54, 1.807) is 30.3 Å². The van der Waals surface area contributed by atoms with Gasteiger partial charge in [0.1, 0.15) is 11.6 Å². The predicted octanol–water partition coefficient (Wildman–Crippen LogP) is 3.02. The van der Waals surface area contributed by atoms with E-state index in [0.717, 1.165) is 11.1 Å². The van der Waals surface area contributed by atoms with E-state index in [-0.39, 0.29) is 16.9 Å². The Balaban J connectivity index is 2.51. The van der Waals surface area contributed by atoms with Crippen molar-refractivity contribution in [1.82, 2.24) is 0 Å². The molecule has 0 fully saturated rings. The van der Waals surface area contributed by atoms with Gasteiger partial charge in [0, 0.05) is 5.41 Å². The third kappa shape index (κ3) is 2.34. The Kier molecular flexibility index (Phi) is 3.10. The molecule has 0 atom stereocenters. The van der Waals surface area contributed by atoms with Gasteiger partial charge in [0.05, 0.1) is 11.4 Å². The SMILES string of the molecule is CC(C)(c1ccc(O)c(N)c1)c1ccc(F)c(N)c1. The zero-order chi connectivity index (χ0) is 14.2. The fourth-order valence-electron chi connectivity index (χ4n) is 2.04. The molecule has 3 nitrogen and oxygen atoms in total. The minimum Gasteiger partial charge on any atom is -0.506 e. The van der Waals surface area contributed by atoms with Crippen molar-refractivity contribution >= 4 is 11.4 Å². The highest BCUT2D eigenvalue weighted by Crippen LogP contribution is 2.35. The summed E-state index contributed by atoms with van der Waals surface area (Å²) < 4.78 is 13.2. The van der Waals surface area contributed by atoms with Crippen LogP contribution in [0.3, 0.4) is 0 Å². The van der Waals surface area contributed by atoms with Crippen LogP contribution < -0.4 is 11.5 Å². The summed E-state index contributed by atoms with van der Waals surface area (Å²) in [5.41, 5.74) is 13.2. The molecule has 4 heteroatoms. The van der Waals surface area contributed by atoms with E-state index >= 15 is 0 Å². The molecule has 0 aliphatic rings. The standard InChI is InChI=1S/C15H17FN2O/c1-15(2,9-3-5-11(16)12(17)7-9)10-4-6-14(19)13(18)8-10/h3-8,19H,17-18H2,1-2H3. The second-order valence-electron chi connectivity index (χ2n) is 5.13. The highest BCUT2D eigenvalue weighted by molar-refractivity contribution is 5.57. The van der Waals surface area contributed by atoms with Gasteiger partial charge in [-0.3, -0.25) is 0 Å². The number of phenols is 1. The van der Waals surface area contributed by atoms with E-state index in [4.69, 9.17) is 11.5 Å². The minimum absolute atomic E-state index is 0.0539. The van der Waals surface area contributed by atoms with Crippen LogP contribution in [0.4, 0.5) is 15.8 Å². The highest BCUT2D eigenvalue weighted by Gasteiger charge is 2.24. The van der Waals surface area contributed by atoms with Crippen molar-refractivity contribution in [3.63, 3.8) is 0 Å². The molecule has 0 radical (unpaired) electrons. The number of aromatic hydroxyl groups is 1. The average Bonchev–Trinajstić information content (AvgIpc) is 2.35. The summed E-state index contributed by atoms with van der Waals surface area (Å²) in [6.45, 7) is 3.98. The number of anilines is 2. The molecule has 0 saturated carbocycles. The molecule has 19 heavy (non-hydrogen) atoms. The van der Waals surface area contributed by atoms with Gasteiger partial charge in [-0.25, -0.2) is 4.39 Å². The lowest BCUT2D eigenvalue weighted by atomic mass is 9.78. The summed E-state index contributed by atoms with van der Waals surface area (Å²) in [7, 11) is 0. The average molecular weight is 260 g/mol. The van der Waals surface area contributed by atoms with E-state index < -0.39 is 5.82 Å². The molecule has 5 N–H and O–H groups in total. The van der Waals surface area contributed by atoms with Crippen LogP contribution in [-0.2, 0) is 5.41 Å². The summed E-state index contributed by atoms with van der Waals surface area (Å²) >= 11 is 0. The lowest BCUT2D eigenvalue weighted by molar-refractivity contribution is 0.477. The number of nitrogen functional groups attached to an aromatic ring is 2. The number of halogens is 1. The number of phenolic OH excluding ortho intramolecular Hbond substituents is 1. The third-order valence-corrected chi connectivity index (χ3v) is 3.47. The largest absolute Gasteiger partial charge is 0.506 e. The molecule has 2 aromatic carbocycles. The van der Waals surface area contributed by atoms with Gasteiger partial charge in [-0.15, -0.1) is 0 Å². The van der Waals surface area contributed by atoms with Gasteiger partial charge >= 0.3 is 0 Å². The van der Waals surface area contributed by atoms with Crippen molar-refractivity contribution in [2.75, 3.05) is 11.5 Å². The van der Waals surface area contributed by atoms with Crippen LogP contribution in [0, 0.1) is 5.82 Å². The number of hydrogen-bond acceptors (Lipinski definition) is 3. The Morgan fingerprint density at radius 1 is 0.947 bits per heavy atom. The van der Waals surface area contributed by atoms with Gasteiger partial charge < -0.3 is 16.6 Å². The first-order valence-electron chi connectivity index (χ1n) is 5.97. The Morgan fingerprint density at radius 3 is 2.00 bits per heavy atom. The molecule has 100 valence electrons. The molecule has 0 aliphatic heterocycles. The lowest BCUT2D eigenvalue weighted by Gasteiger charge is -2.27. The Morgan fingerprint density at radius 2 is 1.47 bits per heavy atom. The maximum atomic E-state index is 13.2. The monoisotopic (exact) mass is 260 g/mol. The summed E-state index contributed by atoms with van der Waals surface area (Å²) in [5.74, 6) is -0.372. The van der Waals surface area contributed by atoms with Crippen molar-refractivity contribution < 1.29 is 9.50 Å². The molecule has 2 aromatic rings. The molecule has 0 amide bonds. The molecule has 0 heterocycles. The van der Waals surface area contributed by atoms with Crippen molar-refractivity contribution in [3.05, 3.63) is 53.3 Å². The van der Waals surface area contributed by atoms with Gasteiger partial charge in [0.25, 0.3) is 0 Å². The van der Waals surface area contributed by atoms with Crippen molar-refractivity contribution in [3.8, 4) is 5.75 Å². The summed E-state index contributed by atoms with van der Waals surface area (Å²) in [5, 5.41) is 9.47. The topological polar surface area (TPSA) is 72.3 Å². The first kappa shape index (κ1) is 13.2. The fourth-order valence-corrected chi connectivity index (χ4v) is 2.04. The second kappa shape index (κ2) is 4.46. The van der Waals surface area contributed by atoms with Gasteiger partial charge in [-0.1, -0.05) is 26.0 Å². The molecule has 0 saturated heterocycles. The molecule has 0 spiro atoms. The smallest absolute Gasteiger partial charge is 0.146 e. The summed E-state index contributed by atoms with van der Waals surface area (Å²) in [6, 6.07) is 9.75. The van der Waals surface area contributed by atoms with Crippen LogP contribution >= 0.6 is 0 Å². The van der Waals surface area contributed by atoms with Crippen LogP contribution in [0.2, 0.25) is 0 Å². The first-order valence-corrected chi connectivity index (χ1v) is 5.97. The molecular formula is C15H17FN2O. The lowest BCUT2D eigenvalue weighted by Crippen LogP contribution is -2.19. The van der Waals surface area contributed by atoms with Gasteiger partial charge in [0.15, 0.2) is 0 Å². The van der Waals surface area contributed by atoms with E-state index in [1.807, 2.05) is 13.8 Å². The van der Waals surface area contributed by atoms with Crippen LogP contribution in [0.15, 0.2) is 36.4 Å². The maximum absolute atomic E-state index is 13.2. The molecule has 0 bridgehead atoms. The molecule has 0 aromatic heterocycles. The number of benzene rings is 2. The fraction of sp³-hybridized carbons (Fsp3) is 0.200. The van der Waals surface area contributed by atoms with Crippen LogP contribution in [0.25, 0.3) is 0 Å². The van der Waals surface area contributed by atoms with Gasteiger partial charge in [0.2, 0.25) is 0 Å². The van der Waals surface area contributed by atoms with Crippen LogP contribution in [0.5, 0.6) is 5.75 Å². The third-order valence-electron chi connectivity index (χ3n) is 3.47. The van der Waals surface area contributed by atoms with Crippen molar-refractivity contribution in [2.24, 2.45) is 0 Å². The Bertz CT molecular complexity index is 570. The van der Waals surface area contributed by atoms with E-state index in [1.165, 1.54) is 6.07 Å². The molecular weight excluding hydrogens is 243 g/mol. The number of rotatable bonds is 2. The normalized spacial score (nSPS) is 11.5. The molecule has 0 aliphatic carbocycles. The molecule has 0 unspecified atom stereocenters. The van der Waals surface area contributed by atoms with Crippen molar-refractivity contribution in [2.45, 2.75) is 19.3 Å². The van der Waals surface area contributed by atoms with Crippen molar-refractivity contribution in [1.29, 1.82) is 0 Å². The zero-order valence-corrected chi connectivity index (χ0v) is 10.9. The van der Waals surface area contributed by atoms with Gasteiger partial charge in [-0.05, 0) is 35.4 Å². The maximum Gasteiger partial charge on any atom is 0.146 e. The number of hydrogen-bond donors (Lipinski definition) is 3. The van der Waals surface area contributed by atoms with E-state index in [9.17, 15) is 9.50 Å². The first-order chi connectivity index (χ1) is 8.82.